The first-order valence-electron chi connectivity index (χ1n) is 11.2. The standard InChI is InChI=1S/C27H24Cl2N2O3/c1-17-22-9-10-24(32)23(26(22)34-27(33)25(17)18-5-7-19(28)8-6-18)16-30-11-13-31(14-12-30)21-4-2-3-20(29)15-21/h2-10,15,32H,11-14,16H2,1H3. The summed E-state index contributed by atoms with van der Waals surface area (Å²) in [6.45, 7) is 5.72. The first-order valence-corrected chi connectivity index (χ1v) is 11.9. The molecule has 5 rings (SSSR count). The van der Waals surface area contributed by atoms with Crippen LogP contribution >= 0.6 is 23.2 Å². The van der Waals surface area contributed by atoms with Crippen LogP contribution in [-0.4, -0.2) is 36.2 Å². The molecule has 0 unspecified atom stereocenters. The van der Waals surface area contributed by atoms with Gasteiger partial charge in [-0.25, -0.2) is 4.79 Å². The summed E-state index contributed by atoms with van der Waals surface area (Å²) in [5, 5.41) is 12.8. The van der Waals surface area contributed by atoms with Crippen molar-refractivity contribution < 1.29 is 9.52 Å². The summed E-state index contributed by atoms with van der Waals surface area (Å²) in [6.07, 6.45) is 0. The zero-order chi connectivity index (χ0) is 23.8. The maximum atomic E-state index is 13.0. The summed E-state index contributed by atoms with van der Waals surface area (Å²) in [4.78, 5) is 17.6. The Morgan fingerprint density at radius 3 is 2.38 bits per heavy atom. The minimum atomic E-state index is -0.426. The van der Waals surface area contributed by atoms with Crippen LogP contribution < -0.4 is 10.5 Å². The molecule has 1 aromatic heterocycles. The molecule has 7 heteroatoms. The van der Waals surface area contributed by atoms with Gasteiger partial charge in [-0.3, -0.25) is 4.90 Å². The molecule has 2 heterocycles. The lowest BCUT2D eigenvalue weighted by Gasteiger charge is -2.36. The summed E-state index contributed by atoms with van der Waals surface area (Å²) < 4.78 is 5.82. The molecule has 0 radical (unpaired) electrons. The molecular weight excluding hydrogens is 471 g/mol. The second-order valence-corrected chi connectivity index (χ2v) is 9.45. The smallest absolute Gasteiger partial charge is 0.344 e. The third-order valence-electron chi connectivity index (χ3n) is 6.47. The predicted octanol–water partition coefficient (Wildman–Crippen LogP) is 6.10. The lowest BCUT2D eigenvalue weighted by atomic mass is 9.98. The number of phenols is 1. The fourth-order valence-electron chi connectivity index (χ4n) is 4.63. The van der Waals surface area contributed by atoms with Crippen LogP contribution in [0.3, 0.4) is 0 Å². The summed E-state index contributed by atoms with van der Waals surface area (Å²) in [5.74, 6) is 0.131. The van der Waals surface area contributed by atoms with Gasteiger partial charge in [0.15, 0.2) is 0 Å². The average molecular weight is 495 g/mol. The van der Waals surface area contributed by atoms with Crippen molar-refractivity contribution in [1.82, 2.24) is 4.90 Å². The fourth-order valence-corrected chi connectivity index (χ4v) is 4.94. The highest BCUT2D eigenvalue weighted by molar-refractivity contribution is 6.31. The van der Waals surface area contributed by atoms with Gasteiger partial charge in [-0.1, -0.05) is 41.4 Å². The number of fused-ring (bicyclic) bond motifs is 1. The van der Waals surface area contributed by atoms with Crippen LogP contribution in [0.2, 0.25) is 10.0 Å². The molecule has 0 saturated carbocycles. The topological polar surface area (TPSA) is 56.9 Å². The monoisotopic (exact) mass is 494 g/mol. The summed E-state index contributed by atoms with van der Waals surface area (Å²) >= 11 is 12.2. The van der Waals surface area contributed by atoms with E-state index in [1.807, 2.05) is 43.3 Å². The number of anilines is 1. The second-order valence-electron chi connectivity index (χ2n) is 8.58. The third kappa shape index (κ3) is 4.39. The normalized spacial score (nSPS) is 14.6. The molecule has 34 heavy (non-hydrogen) atoms. The number of phenolic OH excluding ortho intramolecular Hbond substituents is 1. The zero-order valence-corrected chi connectivity index (χ0v) is 20.2. The number of nitrogens with zero attached hydrogens (tertiary/aromatic N) is 2. The quantitative estimate of drug-likeness (QED) is 0.347. The van der Waals surface area contributed by atoms with E-state index >= 15 is 0 Å². The van der Waals surface area contributed by atoms with Crippen molar-refractivity contribution in [1.29, 1.82) is 0 Å². The molecule has 1 aliphatic rings. The maximum absolute atomic E-state index is 13.0. The molecule has 0 bridgehead atoms. The van der Waals surface area contributed by atoms with Crippen LogP contribution in [0.15, 0.2) is 69.9 Å². The van der Waals surface area contributed by atoms with Crippen molar-refractivity contribution in [3.8, 4) is 16.9 Å². The second kappa shape index (κ2) is 9.34. The van der Waals surface area contributed by atoms with E-state index in [-0.39, 0.29) is 5.75 Å². The van der Waals surface area contributed by atoms with Gasteiger partial charge in [0.1, 0.15) is 11.3 Å². The average Bonchev–Trinajstić information content (AvgIpc) is 2.83. The number of halogens is 2. The van der Waals surface area contributed by atoms with Gasteiger partial charge in [0.05, 0.1) is 11.1 Å². The minimum absolute atomic E-state index is 0.131. The molecule has 0 atom stereocenters. The van der Waals surface area contributed by atoms with Crippen LogP contribution in [0.4, 0.5) is 5.69 Å². The number of aromatic hydroxyl groups is 1. The van der Waals surface area contributed by atoms with E-state index < -0.39 is 5.63 Å². The molecule has 0 amide bonds. The Balaban J connectivity index is 1.43. The van der Waals surface area contributed by atoms with Crippen LogP contribution in [0.5, 0.6) is 5.75 Å². The van der Waals surface area contributed by atoms with Gasteiger partial charge >= 0.3 is 5.63 Å². The first-order chi connectivity index (χ1) is 16.4. The van der Waals surface area contributed by atoms with Gasteiger partial charge in [-0.05, 0) is 60.5 Å². The van der Waals surface area contributed by atoms with E-state index in [2.05, 4.69) is 15.9 Å². The SMILES string of the molecule is Cc1c(-c2ccc(Cl)cc2)c(=O)oc2c(CN3CCN(c4cccc(Cl)c4)CC3)c(O)ccc12. The molecule has 3 aromatic carbocycles. The zero-order valence-electron chi connectivity index (χ0n) is 18.7. The molecule has 1 N–H and O–H groups in total. The Bertz CT molecular complexity index is 1410. The van der Waals surface area contributed by atoms with Crippen molar-refractivity contribution in [3.63, 3.8) is 0 Å². The number of rotatable bonds is 4. The molecule has 174 valence electrons. The summed E-state index contributed by atoms with van der Waals surface area (Å²) in [6, 6.07) is 18.5. The molecule has 5 nitrogen and oxygen atoms in total. The van der Waals surface area contributed by atoms with E-state index in [1.54, 1.807) is 18.2 Å². The highest BCUT2D eigenvalue weighted by Crippen LogP contribution is 2.34. The Morgan fingerprint density at radius 2 is 1.68 bits per heavy atom. The van der Waals surface area contributed by atoms with Crippen molar-refractivity contribution in [2.75, 3.05) is 31.1 Å². The Kier molecular flexibility index (Phi) is 6.26. The number of hydrogen-bond donors (Lipinski definition) is 1. The summed E-state index contributed by atoms with van der Waals surface area (Å²) in [7, 11) is 0. The van der Waals surface area contributed by atoms with Gasteiger partial charge in [0, 0.05) is 53.8 Å². The Morgan fingerprint density at radius 1 is 0.941 bits per heavy atom. The summed E-state index contributed by atoms with van der Waals surface area (Å²) in [5.41, 5.74) is 3.84. The molecule has 0 aliphatic carbocycles. The van der Waals surface area contributed by atoms with E-state index in [1.165, 1.54) is 0 Å². The molecule has 4 aromatic rings. The van der Waals surface area contributed by atoms with Gasteiger partial charge in [-0.15, -0.1) is 0 Å². The predicted molar refractivity (Wildman–Crippen MR) is 138 cm³/mol. The van der Waals surface area contributed by atoms with E-state index in [0.717, 1.165) is 53.4 Å². The largest absolute Gasteiger partial charge is 0.507 e. The van der Waals surface area contributed by atoms with E-state index in [0.29, 0.717) is 28.3 Å². The Hall–Kier alpha value is -2.99. The maximum Gasteiger partial charge on any atom is 0.344 e. The van der Waals surface area contributed by atoms with E-state index in [9.17, 15) is 9.90 Å². The highest BCUT2D eigenvalue weighted by Gasteiger charge is 2.22. The van der Waals surface area contributed by atoms with Crippen molar-refractivity contribution >= 4 is 39.9 Å². The van der Waals surface area contributed by atoms with E-state index in [4.69, 9.17) is 27.6 Å². The number of hydrogen-bond acceptors (Lipinski definition) is 5. The van der Waals surface area contributed by atoms with Crippen molar-refractivity contribution in [3.05, 3.63) is 92.3 Å². The number of aryl methyl sites for hydroxylation is 1. The van der Waals surface area contributed by atoms with Crippen LogP contribution in [0.1, 0.15) is 11.1 Å². The molecular formula is C27H24Cl2N2O3. The first kappa shape index (κ1) is 22.8. The fraction of sp³-hybridized carbons (Fsp3) is 0.222. The lowest BCUT2D eigenvalue weighted by molar-refractivity contribution is 0.246. The van der Waals surface area contributed by atoms with Crippen molar-refractivity contribution in [2.24, 2.45) is 0 Å². The minimum Gasteiger partial charge on any atom is -0.507 e. The third-order valence-corrected chi connectivity index (χ3v) is 6.96. The van der Waals surface area contributed by atoms with Gasteiger partial charge < -0.3 is 14.4 Å². The Labute approximate surface area is 207 Å². The van der Waals surface area contributed by atoms with Crippen LogP contribution in [0, 0.1) is 6.92 Å². The van der Waals surface area contributed by atoms with Crippen LogP contribution in [-0.2, 0) is 6.54 Å². The molecule has 1 saturated heterocycles. The van der Waals surface area contributed by atoms with Gasteiger partial charge in [-0.2, -0.15) is 0 Å². The molecule has 1 fully saturated rings. The van der Waals surface area contributed by atoms with Gasteiger partial charge in [0.25, 0.3) is 0 Å². The van der Waals surface area contributed by atoms with Crippen molar-refractivity contribution in [2.45, 2.75) is 13.5 Å². The number of benzene rings is 3. The number of piperazine rings is 1. The van der Waals surface area contributed by atoms with Gasteiger partial charge in [0.2, 0.25) is 0 Å². The lowest BCUT2D eigenvalue weighted by Crippen LogP contribution is -2.46. The molecule has 1 aliphatic heterocycles. The van der Waals surface area contributed by atoms with Crippen LogP contribution in [0.25, 0.3) is 22.1 Å². The highest BCUT2D eigenvalue weighted by atomic mass is 35.5. The molecule has 0 spiro atoms.